The molecule has 1 aromatic heterocycles. The Labute approximate surface area is 147 Å². The third kappa shape index (κ3) is 3.16. The van der Waals surface area contributed by atoms with Crippen molar-refractivity contribution < 1.29 is 4.79 Å². The Morgan fingerprint density at radius 1 is 1.12 bits per heavy atom. The fraction of sp³-hybridized carbons (Fsp3) is 0.471. The van der Waals surface area contributed by atoms with Crippen molar-refractivity contribution in [2.75, 3.05) is 26.2 Å². The monoisotopic (exact) mass is 347 g/mol. The molecule has 0 aliphatic carbocycles. The second-order valence-electron chi connectivity index (χ2n) is 6.57. The van der Waals surface area contributed by atoms with E-state index in [4.69, 9.17) is 0 Å². The zero-order chi connectivity index (χ0) is 15.7. The molecule has 3 heterocycles. The van der Waals surface area contributed by atoms with Crippen LogP contribution in [0.25, 0.3) is 5.69 Å². The van der Waals surface area contributed by atoms with E-state index < -0.39 is 0 Å². The lowest BCUT2D eigenvalue weighted by atomic mass is 9.78. The van der Waals surface area contributed by atoms with E-state index in [2.05, 4.69) is 15.5 Å². The minimum Gasteiger partial charge on any atom is -0.337 e. The molecule has 6 nitrogen and oxygen atoms in total. The van der Waals surface area contributed by atoms with Crippen LogP contribution in [-0.4, -0.2) is 52.0 Å². The van der Waals surface area contributed by atoms with Crippen molar-refractivity contribution >= 4 is 18.3 Å². The highest BCUT2D eigenvalue weighted by Gasteiger charge is 2.38. The molecule has 2 saturated heterocycles. The summed E-state index contributed by atoms with van der Waals surface area (Å²) in [5.41, 5.74) is 1.70. The zero-order valence-electron chi connectivity index (χ0n) is 13.5. The number of amides is 1. The fourth-order valence-corrected chi connectivity index (χ4v) is 3.62. The molecule has 1 aromatic carbocycles. The number of hydrogen-bond acceptors (Lipinski definition) is 4. The maximum Gasteiger partial charge on any atom is 0.276 e. The lowest BCUT2D eigenvalue weighted by molar-refractivity contribution is 0.0601. The Morgan fingerprint density at radius 3 is 2.54 bits per heavy atom. The fourth-order valence-electron chi connectivity index (χ4n) is 3.62. The van der Waals surface area contributed by atoms with Gasteiger partial charge in [-0.1, -0.05) is 18.2 Å². The summed E-state index contributed by atoms with van der Waals surface area (Å²) in [5, 5.41) is 12.0. The van der Waals surface area contributed by atoms with E-state index in [1.807, 2.05) is 35.2 Å². The number of benzene rings is 1. The summed E-state index contributed by atoms with van der Waals surface area (Å²) in [6.45, 7) is 3.84. The van der Waals surface area contributed by atoms with Gasteiger partial charge in [-0.2, -0.15) is 9.90 Å². The Kier molecular flexibility index (Phi) is 4.87. The number of halogens is 1. The van der Waals surface area contributed by atoms with Gasteiger partial charge in [0.2, 0.25) is 0 Å². The minimum absolute atomic E-state index is 0. The van der Waals surface area contributed by atoms with E-state index >= 15 is 0 Å². The first-order valence-corrected chi connectivity index (χ1v) is 8.24. The largest absolute Gasteiger partial charge is 0.337 e. The number of rotatable bonds is 2. The van der Waals surface area contributed by atoms with Gasteiger partial charge < -0.3 is 10.2 Å². The number of hydrogen-bond donors (Lipinski definition) is 1. The Bertz CT molecular complexity index is 686. The molecule has 0 radical (unpaired) electrons. The van der Waals surface area contributed by atoms with Crippen LogP contribution in [0.3, 0.4) is 0 Å². The standard InChI is InChI=1S/C17H21N5O.ClH/c23-16(21-10-7-17(8-11-21)6-9-18-13-17)15-12-19-22(20-15)14-4-2-1-3-5-14;/h1-5,12,18H,6-11,13H2;1H. The highest BCUT2D eigenvalue weighted by Crippen LogP contribution is 2.37. The molecule has 128 valence electrons. The van der Waals surface area contributed by atoms with Gasteiger partial charge in [0.25, 0.3) is 5.91 Å². The van der Waals surface area contributed by atoms with Gasteiger partial charge in [-0.25, -0.2) is 0 Å². The van der Waals surface area contributed by atoms with Crippen LogP contribution in [0.1, 0.15) is 29.8 Å². The molecule has 0 unspecified atom stereocenters. The Balaban J connectivity index is 0.00000169. The van der Waals surface area contributed by atoms with Crippen molar-refractivity contribution in [1.82, 2.24) is 25.2 Å². The van der Waals surface area contributed by atoms with Crippen LogP contribution in [0.2, 0.25) is 0 Å². The Hall–Kier alpha value is -1.92. The number of likely N-dealkylation sites (tertiary alicyclic amines) is 1. The summed E-state index contributed by atoms with van der Waals surface area (Å²) in [4.78, 5) is 16.1. The molecular formula is C17H22ClN5O. The molecule has 1 spiro atoms. The van der Waals surface area contributed by atoms with Gasteiger partial charge in [0, 0.05) is 19.6 Å². The molecule has 7 heteroatoms. The molecule has 1 amide bonds. The molecule has 2 aliphatic heterocycles. The average Bonchev–Trinajstić information content (AvgIpc) is 3.26. The molecule has 1 N–H and O–H groups in total. The predicted molar refractivity (Wildman–Crippen MR) is 93.7 cm³/mol. The van der Waals surface area contributed by atoms with Crippen LogP contribution >= 0.6 is 12.4 Å². The van der Waals surface area contributed by atoms with Crippen LogP contribution in [0.15, 0.2) is 36.5 Å². The van der Waals surface area contributed by atoms with Crippen molar-refractivity contribution in [2.24, 2.45) is 5.41 Å². The van der Waals surface area contributed by atoms with Crippen molar-refractivity contribution in [3.8, 4) is 5.69 Å². The highest BCUT2D eigenvalue weighted by molar-refractivity contribution is 5.92. The third-order valence-corrected chi connectivity index (χ3v) is 5.14. The summed E-state index contributed by atoms with van der Waals surface area (Å²) < 4.78 is 0. The van der Waals surface area contributed by atoms with Gasteiger partial charge in [-0.3, -0.25) is 4.79 Å². The second kappa shape index (κ2) is 6.91. The summed E-state index contributed by atoms with van der Waals surface area (Å²) in [6.07, 6.45) is 4.97. The van der Waals surface area contributed by atoms with E-state index in [-0.39, 0.29) is 18.3 Å². The number of nitrogens with one attached hydrogen (secondary N) is 1. The number of para-hydroxylation sites is 1. The summed E-state index contributed by atoms with van der Waals surface area (Å²) >= 11 is 0. The van der Waals surface area contributed by atoms with Crippen LogP contribution in [-0.2, 0) is 0 Å². The number of carbonyl (C=O) groups is 1. The maximum atomic E-state index is 12.6. The number of aromatic nitrogens is 3. The molecule has 2 aliphatic rings. The van der Waals surface area contributed by atoms with Crippen LogP contribution in [0, 0.1) is 5.41 Å². The minimum atomic E-state index is -0.00649. The van der Waals surface area contributed by atoms with Gasteiger partial charge in [0.1, 0.15) is 0 Å². The van der Waals surface area contributed by atoms with E-state index in [0.717, 1.165) is 44.7 Å². The van der Waals surface area contributed by atoms with Crippen LogP contribution < -0.4 is 5.32 Å². The molecule has 2 aromatic rings. The first-order valence-electron chi connectivity index (χ1n) is 8.24. The molecule has 24 heavy (non-hydrogen) atoms. The zero-order valence-corrected chi connectivity index (χ0v) is 14.3. The molecule has 2 fully saturated rings. The number of nitrogens with zero attached hydrogens (tertiary/aromatic N) is 4. The van der Waals surface area contributed by atoms with Crippen molar-refractivity contribution in [2.45, 2.75) is 19.3 Å². The van der Waals surface area contributed by atoms with E-state index in [9.17, 15) is 4.79 Å². The number of piperidine rings is 1. The molecule has 4 rings (SSSR count). The van der Waals surface area contributed by atoms with E-state index in [1.165, 1.54) is 11.2 Å². The summed E-state index contributed by atoms with van der Waals surface area (Å²) in [5.74, 6) is -0.00649. The van der Waals surface area contributed by atoms with Crippen molar-refractivity contribution in [3.63, 3.8) is 0 Å². The molecule has 0 saturated carbocycles. The second-order valence-corrected chi connectivity index (χ2v) is 6.57. The first kappa shape index (κ1) is 16.9. The van der Waals surface area contributed by atoms with Gasteiger partial charge in [0.05, 0.1) is 11.9 Å². The average molecular weight is 348 g/mol. The van der Waals surface area contributed by atoms with Gasteiger partial charge >= 0.3 is 0 Å². The molecule has 0 bridgehead atoms. The van der Waals surface area contributed by atoms with Gasteiger partial charge in [0.15, 0.2) is 5.69 Å². The Morgan fingerprint density at radius 2 is 1.88 bits per heavy atom. The lowest BCUT2D eigenvalue weighted by Gasteiger charge is -2.38. The van der Waals surface area contributed by atoms with Crippen LogP contribution in [0.5, 0.6) is 0 Å². The van der Waals surface area contributed by atoms with E-state index in [1.54, 1.807) is 6.20 Å². The smallest absolute Gasteiger partial charge is 0.276 e. The van der Waals surface area contributed by atoms with E-state index in [0.29, 0.717) is 11.1 Å². The molecule has 0 atom stereocenters. The maximum absolute atomic E-state index is 12.6. The first-order chi connectivity index (χ1) is 11.3. The highest BCUT2D eigenvalue weighted by atomic mass is 35.5. The van der Waals surface area contributed by atoms with Gasteiger partial charge in [-0.15, -0.1) is 17.5 Å². The van der Waals surface area contributed by atoms with Crippen LogP contribution in [0.4, 0.5) is 0 Å². The quantitative estimate of drug-likeness (QED) is 0.901. The normalized spacial score (nSPS) is 19.2. The third-order valence-electron chi connectivity index (χ3n) is 5.14. The summed E-state index contributed by atoms with van der Waals surface area (Å²) in [6, 6.07) is 9.65. The predicted octanol–water partition coefficient (Wildman–Crippen LogP) is 1.90. The number of carbonyl (C=O) groups excluding carboxylic acids is 1. The topological polar surface area (TPSA) is 63.1 Å². The lowest BCUT2D eigenvalue weighted by Crippen LogP contribution is -2.44. The van der Waals surface area contributed by atoms with Gasteiger partial charge in [-0.05, 0) is 43.4 Å². The van der Waals surface area contributed by atoms with Crippen molar-refractivity contribution in [1.29, 1.82) is 0 Å². The molecular weight excluding hydrogens is 326 g/mol. The summed E-state index contributed by atoms with van der Waals surface area (Å²) in [7, 11) is 0. The van der Waals surface area contributed by atoms with Crippen molar-refractivity contribution in [3.05, 3.63) is 42.2 Å². The SMILES string of the molecule is Cl.O=C(c1cnn(-c2ccccc2)n1)N1CCC2(CCNC2)CC1.